The highest BCUT2D eigenvalue weighted by molar-refractivity contribution is 5.66. The van der Waals surface area contributed by atoms with Crippen molar-refractivity contribution in [2.24, 2.45) is 0 Å². The number of hydrogen-bond donors (Lipinski definition) is 0. The molecule has 3 nitrogen and oxygen atoms in total. The monoisotopic (exact) mass is 129 g/mol. The molecule has 0 saturated carbocycles. The molecule has 0 radical (unpaired) electrons. The van der Waals surface area contributed by atoms with Gasteiger partial charge >= 0.3 is 5.97 Å². The topological polar surface area (TPSA) is 29.5 Å². The van der Waals surface area contributed by atoms with Crippen molar-refractivity contribution in [1.82, 2.24) is 4.90 Å². The van der Waals surface area contributed by atoms with E-state index in [1.807, 2.05) is 14.1 Å². The van der Waals surface area contributed by atoms with Gasteiger partial charge in [-0.1, -0.05) is 0 Å². The predicted molar refractivity (Wildman–Crippen MR) is 34.6 cm³/mol. The highest BCUT2D eigenvalue weighted by Crippen LogP contribution is 1.80. The maximum atomic E-state index is 10.1. The van der Waals surface area contributed by atoms with Gasteiger partial charge in [0.1, 0.15) is 6.26 Å². The Morgan fingerprint density at radius 2 is 2.11 bits per heavy atom. The summed E-state index contributed by atoms with van der Waals surface area (Å²) in [6.45, 7) is 1.36. The number of nitrogens with zero attached hydrogens (tertiary/aromatic N) is 1. The molecule has 3 heteroatoms. The van der Waals surface area contributed by atoms with Crippen LogP contribution in [0.1, 0.15) is 6.92 Å². The molecule has 0 bridgehead atoms. The van der Waals surface area contributed by atoms with Crippen molar-refractivity contribution in [2.75, 3.05) is 14.1 Å². The number of ether oxygens (including phenoxy) is 1. The summed E-state index contributed by atoms with van der Waals surface area (Å²) < 4.78 is 4.49. The van der Waals surface area contributed by atoms with E-state index in [1.54, 1.807) is 11.1 Å². The molecule has 0 aliphatic rings. The van der Waals surface area contributed by atoms with Crippen LogP contribution in [0.3, 0.4) is 0 Å². The molecule has 0 N–H and O–H groups in total. The van der Waals surface area contributed by atoms with Crippen LogP contribution in [0.5, 0.6) is 0 Å². The van der Waals surface area contributed by atoms with Gasteiger partial charge in [0.25, 0.3) is 0 Å². The Bertz CT molecular complexity index is 118. The van der Waals surface area contributed by atoms with Gasteiger partial charge in [-0.3, -0.25) is 4.79 Å². The summed E-state index contributed by atoms with van der Waals surface area (Å²) in [4.78, 5) is 11.9. The van der Waals surface area contributed by atoms with E-state index in [0.717, 1.165) is 0 Å². The molecule has 9 heavy (non-hydrogen) atoms. The van der Waals surface area contributed by atoms with Crippen LogP contribution in [-0.4, -0.2) is 25.0 Å². The third-order valence-electron chi connectivity index (χ3n) is 0.593. The van der Waals surface area contributed by atoms with Crippen LogP contribution < -0.4 is 0 Å². The summed E-state index contributed by atoms with van der Waals surface area (Å²) in [6.07, 6.45) is 3.00. The summed E-state index contributed by atoms with van der Waals surface area (Å²) >= 11 is 0. The fraction of sp³-hybridized carbons (Fsp3) is 0.500. The van der Waals surface area contributed by atoms with E-state index >= 15 is 0 Å². The molecule has 0 spiro atoms. The van der Waals surface area contributed by atoms with E-state index in [4.69, 9.17) is 0 Å². The maximum absolute atomic E-state index is 10.1. The lowest BCUT2D eigenvalue weighted by molar-refractivity contribution is -0.135. The normalized spacial score (nSPS) is 9.67. The molecule has 0 aliphatic heterocycles. The van der Waals surface area contributed by atoms with Gasteiger partial charge in [0, 0.05) is 27.2 Å². The van der Waals surface area contributed by atoms with Crippen LogP contribution in [0, 0.1) is 0 Å². The van der Waals surface area contributed by atoms with Gasteiger partial charge in [0.15, 0.2) is 0 Å². The first-order chi connectivity index (χ1) is 4.13. The number of hydrogen-bond acceptors (Lipinski definition) is 3. The van der Waals surface area contributed by atoms with Gasteiger partial charge in [-0.25, -0.2) is 0 Å². The Kier molecular flexibility index (Phi) is 3.51. The number of esters is 1. The van der Waals surface area contributed by atoms with Crippen molar-refractivity contribution in [2.45, 2.75) is 6.92 Å². The van der Waals surface area contributed by atoms with Gasteiger partial charge in [-0.05, 0) is 0 Å². The first-order valence-electron chi connectivity index (χ1n) is 2.63. The Hall–Kier alpha value is -0.990. The molecule has 0 aromatic carbocycles. The van der Waals surface area contributed by atoms with Gasteiger partial charge in [0.05, 0.1) is 0 Å². The minimum Gasteiger partial charge on any atom is -0.433 e. The lowest BCUT2D eigenvalue weighted by Crippen LogP contribution is -2.01. The van der Waals surface area contributed by atoms with Crippen LogP contribution in [-0.2, 0) is 9.53 Å². The zero-order valence-electron chi connectivity index (χ0n) is 5.92. The average Bonchev–Trinajstić information content (AvgIpc) is 1.63. The quantitative estimate of drug-likeness (QED) is 0.403. The summed E-state index contributed by atoms with van der Waals surface area (Å²) in [6, 6.07) is 0. The Morgan fingerprint density at radius 3 is 2.44 bits per heavy atom. The Balaban J connectivity index is 3.36. The van der Waals surface area contributed by atoms with E-state index in [-0.39, 0.29) is 5.97 Å². The second-order valence-corrected chi connectivity index (χ2v) is 1.86. The van der Waals surface area contributed by atoms with Crippen molar-refractivity contribution in [1.29, 1.82) is 0 Å². The summed E-state index contributed by atoms with van der Waals surface area (Å²) in [5.41, 5.74) is 0. The van der Waals surface area contributed by atoms with Crippen LogP contribution >= 0.6 is 0 Å². The molecule has 0 aliphatic carbocycles. The standard InChI is InChI=1S/C6H11NO2/c1-6(8)9-5-4-7(2)3/h4-5H,1-3H3. The third kappa shape index (κ3) is 7.01. The van der Waals surface area contributed by atoms with Crippen molar-refractivity contribution in [3.05, 3.63) is 12.5 Å². The number of rotatable bonds is 2. The lowest BCUT2D eigenvalue weighted by atomic mass is 10.8. The maximum Gasteiger partial charge on any atom is 0.307 e. The minimum atomic E-state index is -0.298. The molecule has 0 aromatic rings. The fourth-order valence-electron chi connectivity index (χ4n) is 0.248. The molecular weight excluding hydrogens is 118 g/mol. The van der Waals surface area contributed by atoms with E-state index in [2.05, 4.69) is 4.74 Å². The molecule has 0 unspecified atom stereocenters. The first kappa shape index (κ1) is 8.01. The van der Waals surface area contributed by atoms with Crippen LogP contribution in [0.15, 0.2) is 12.5 Å². The van der Waals surface area contributed by atoms with E-state index in [0.29, 0.717) is 0 Å². The van der Waals surface area contributed by atoms with Gasteiger partial charge in [0.2, 0.25) is 0 Å². The van der Waals surface area contributed by atoms with E-state index in [9.17, 15) is 4.79 Å². The van der Waals surface area contributed by atoms with Crippen molar-refractivity contribution in [3.8, 4) is 0 Å². The van der Waals surface area contributed by atoms with Gasteiger partial charge < -0.3 is 9.64 Å². The van der Waals surface area contributed by atoms with Gasteiger partial charge in [-0.15, -0.1) is 0 Å². The number of carbonyl (C=O) groups is 1. The molecule has 0 fully saturated rings. The molecular formula is C6H11NO2. The SMILES string of the molecule is CC(=O)OC=CN(C)C. The number of carbonyl (C=O) groups excluding carboxylic acids is 1. The first-order valence-corrected chi connectivity index (χ1v) is 2.63. The smallest absolute Gasteiger partial charge is 0.307 e. The molecule has 0 saturated heterocycles. The summed E-state index contributed by atoms with van der Waals surface area (Å²) in [5.74, 6) is -0.298. The second-order valence-electron chi connectivity index (χ2n) is 1.86. The molecule has 52 valence electrons. The fourth-order valence-corrected chi connectivity index (χ4v) is 0.248. The third-order valence-corrected chi connectivity index (χ3v) is 0.593. The Morgan fingerprint density at radius 1 is 1.56 bits per heavy atom. The van der Waals surface area contributed by atoms with Crippen molar-refractivity contribution in [3.63, 3.8) is 0 Å². The highest BCUT2D eigenvalue weighted by atomic mass is 16.5. The molecule has 0 heterocycles. The lowest BCUT2D eigenvalue weighted by Gasteiger charge is -2.01. The molecule has 0 atom stereocenters. The van der Waals surface area contributed by atoms with Crippen LogP contribution in [0.2, 0.25) is 0 Å². The van der Waals surface area contributed by atoms with E-state index < -0.39 is 0 Å². The molecule has 0 amide bonds. The minimum absolute atomic E-state index is 0.298. The zero-order valence-corrected chi connectivity index (χ0v) is 5.92. The highest BCUT2D eigenvalue weighted by Gasteiger charge is 1.83. The second kappa shape index (κ2) is 3.95. The summed E-state index contributed by atoms with van der Waals surface area (Å²) in [7, 11) is 3.69. The van der Waals surface area contributed by atoms with Crippen LogP contribution in [0.4, 0.5) is 0 Å². The average molecular weight is 129 g/mol. The Labute approximate surface area is 54.9 Å². The van der Waals surface area contributed by atoms with Crippen molar-refractivity contribution < 1.29 is 9.53 Å². The summed E-state index contributed by atoms with van der Waals surface area (Å²) in [5, 5.41) is 0. The van der Waals surface area contributed by atoms with Gasteiger partial charge in [-0.2, -0.15) is 0 Å². The predicted octanol–water partition coefficient (Wildman–Crippen LogP) is 0.582. The molecule has 0 aromatic heterocycles. The van der Waals surface area contributed by atoms with E-state index in [1.165, 1.54) is 13.2 Å². The van der Waals surface area contributed by atoms with Crippen molar-refractivity contribution >= 4 is 5.97 Å². The molecule has 0 rings (SSSR count). The largest absolute Gasteiger partial charge is 0.433 e. The zero-order chi connectivity index (χ0) is 7.28. The van der Waals surface area contributed by atoms with Crippen LogP contribution in [0.25, 0.3) is 0 Å².